The van der Waals surface area contributed by atoms with Gasteiger partial charge in [-0.1, -0.05) is 48.8 Å². The zero-order chi connectivity index (χ0) is 15.9. The number of hydrogen-bond acceptors (Lipinski definition) is 6. The number of hydrogen-bond donors (Lipinski definition) is 1. The van der Waals surface area contributed by atoms with E-state index >= 15 is 0 Å². The van der Waals surface area contributed by atoms with Gasteiger partial charge in [-0.3, -0.25) is 4.79 Å². The molecule has 1 aromatic rings. The Morgan fingerprint density at radius 2 is 1.83 bits per heavy atom. The van der Waals surface area contributed by atoms with Gasteiger partial charge >= 0.3 is 0 Å². The van der Waals surface area contributed by atoms with E-state index < -0.39 is 0 Å². The number of nitrogens with zero attached hydrogens (tertiary/aromatic N) is 3. The lowest BCUT2D eigenvalue weighted by atomic mass is 9.89. The SMILES string of the molecule is Cl.O=C(Nc1nnc(SCCN2CCCCC2)s1)C1CCCCC1. The van der Waals surface area contributed by atoms with Gasteiger partial charge in [0.2, 0.25) is 11.0 Å². The quantitative estimate of drug-likeness (QED) is 0.586. The molecule has 5 nitrogen and oxygen atoms in total. The summed E-state index contributed by atoms with van der Waals surface area (Å²) in [6.45, 7) is 3.59. The van der Waals surface area contributed by atoms with Crippen molar-refractivity contribution < 1.29 is 4.79 Å². The zero-order valence-corrected chi connectivity index (χ0v) is 16.5. The Morgan fingerprint density at radius 1 is 1.12 bits per heavy atom. The fraction of sp³-hybridized carbons (Fsp3) is 0.812. The monoisotopic (exact) mass is 390 g/mol. The highest BCUT2D eigenvalue weighted by Gasteiger charge is 2.22. The second kappa shape index (κ2) is 10.6. The van der Waals surface area contributed by atoms with Crippen LogP contribution in [0.4, 0.5) is 5.13 Å². The number of thioether (sulfide) groups is 1. The summed E-state index contributed by atoms with van der Waals surface area (Å²) < 4.78 is 0.959. The van der Waals surface area contributed by atoms with Gasteiger partial charge in [0.05, 0.1) is 0 Å². The van der Waals surface area contributed by atoms with Gasteiger partial charge in [-0.05, 0) is 38.8 Å². The summed E-state index contributed by atoms with van der Waals surface area (Å²) in [6.07, 6.45) is 9.69. The Kier molecular flexibility index (Phi) is 8.80. The molecule has 0 radical (unpaired) electrons. The minimum atomic E-state index is 0. The first-order chi connectivity index (χ1) is 11.3. The minimum absolute atomic E-state index is 0. The third-order valence-corrected chi connectivity index (χ3v) is 6.65. The third-order valence-electron chi connectivity index (χ3n) is 4.69. The molecule has 1 saturated heterocycles. The highest BCUT2D eigenvalue weighted by Crippen LogP contribution is 2.28. The number of rotatable bonds is 6. The first-order valence-corrected chi connectivity index (χ1v) is 10.6. The summed E-state index contributed by atoms with van der Waals surface area (Å²) in [5.74, 6) is 1.35. The van der Waals surface area contributed by atoms with Crippen LogP contribution in [-0.2, 0) is 4.79 Å². The predicted molar refractivity (Wildman–Crippen MR) is 103 cm³/mol. The Bertz CT molecular complexity index is 502. The van der Waals surface area contributed by atoms with Crippen molar-refractivity contribution in [1.29, 1.82) is 0 Å². The van der Waals surface area contributed by atoms with Crippen molar-refractivity contribution >= 4 is 46.5 Å². The van der Waals surface area contributed by atoms with Gasteiger partial charge in [0.25, 0.3) is 0 Å². The molecular weight excluding hydrogens is 364 g/mol. The average Bonchev–Trinajstić information content (AvgIpc) is 3.04. The van der Waals surface area contributed by atoms with Crippen LogP contribution in [0.5, 0.6) is 0 Å². The molecule has 1 saturated carbocycles. The Labute approximate surface area is 158 Å². The number of nitrogens with one attached hydrogen (secondary N) is 1. The molecule has 136 valence electrons. The van der Waals surface area contributed by atoms with E-state index in [4.69, 9.17) is 0 Å². The maximum atomic E-state index is 12.2. The van der Waals surface area contributed by atoms with Gasteiger partial charge in [0.15, 0.2) is 4.34 Å². The molecule has 3 rings (SSSR count). The topological polar surface area (TPSA) is 58.1 Å². The van der Waals surface area contributed by atoms with Crippen LogP contribution >= 0.6 is 35.5 Å². The van der Waals surface area contributed by atoms with Gasteiger partial charge in [0.1, 0.15) is 0 Å². The Balaban J connectivity index is 0.00000208. The van der Waals surface area contributed by atoms with Crippen LogP contribution in [0.3, 0.4) is 0 Å². The number of carbonyl (C=O) groups excluding carboxylic acids is 1. The van der Waals surface area contributed by atoms with E-state index in [0.29, 0.717) is 5.13 Å². The number of halogens is 1. The summed E-state index contributed by atoms with van der Waals surface area (Å²) in [5.41, 5.74) is 0. The molecule has 0 aromatic carbocycles. The number of aromatic nitrogens is 2. The van der Waals surface area contributed by atoms with Crippen molar-refractivity contribution in [2.75, 3.05) is 30.7 Å². The second-order valence-electron chi connectivity index (χ2n) is 6.45. The van der Waals surface area contributed by atoms with Crippen molar-refractivity contribution in [2.24, 2.45) is 5.92 Å². The van der Waals surface area contributed by atoms with E-state index in [0.717, 1.165) is 29.5 Å². The molecule has 0 unspecified atom stereocenters. The number of carbonyl (C=O) groups is 1. The zero-order valence-electron chi connectivity index (χ0n) is 14.0. The summed E-state index contributed by atoms with van der Waals surface area (Å²) in [7, 11) is 0. The third kappa shape index (κ3) is 6.17. The van der Waals surface area contributed by atoms with E-state index in [-0.39, 0.29) is 24.2 Å². The standard InChI is InChI=1S/C16H26N4OS2.ClH/c21-14(13-7-3-1-4-8-13)17-15-18-19-16(23-15)22-12-11-20-9-5-2-6-10-20;/h13H,1-12H2,(H,17,18,21);1H. The highest BCUT2D eigenvalue weighted by atomic mass is 35.5. The fourth-order valence-electron chi connectivity index (χ4n) is 3.34. The van der Waals surface area contributed by atoms with Crippen LogP contribution in [0.15, 0.2) is 4.34 Å². The van der Waals surface area contributed by atoms with Gasteiger partial charge in [0, 0.05) is 18.2 Å². The fourth-order valence-corrected chi connectivity index (χ4v) is 5.16. The van der Waals surface area contributed by atoms with Gasteiger partial charge < -0.3 is 10.2 Å². The Morgan fingerprint density at radius 3 is 2.58 bits per heavy atom. The summed E-state index contributed by atoms with van der Waals surface area (Å²) in [5, 5.41) is 11.9. The summed E-state index contributed by atoms with van der Waals surface area (Å²) >= 11 is 3.25. The van der Waals surface area contributed by atoms with Crippen LogP contribution in [-0.4, -0.2) is 46.4 Å². The minimum Gasteiger partial charge on any atom is -0.303 e. The predicted octanol–water partition coefficient (Wildman–Crippen LogP) is 4.06. The number of likely N-dealkylation sites (tertiary alicyclic amines) is 1. The maximum absolute atomic E-state index is 12.2. The molecule has 1 amide bonds. The van der Waals surface area contributed by atoms with E-state index in [1.54, 1.807) is 11.8 Å². The smallest absolute Gasteiger partial charge is 0.229 e. The highest BCUT2D eigenvalue weighted by molar-refractivity contribution is 8.01. The van der Waals surface area contributed by atoms with E-state index in [1.807, 2.05) is 0 Å². The molecule has 1 N–H and O–H groups in total. The largest absolute Gasteiger partial charge is 0.303 e. The second-order valence-corrected chi connectivity index (χ2v) is 8.77. The molecule has 2 fully saturated rings. The normalized spacial score (nSPS) is 19.7. The van der Waals surface area contributed by atoms with Crippen LogP contribution in [0.25, 0.3) is 0 Å². The van der Waals surface area contributed by atoms with Crippen molar-refractivity contribution in [1.82, 2.24) is 15.1 Å². The van der Waals surface area contributed by atoms with Crippen molar-refractivity contribution in [3.63, 3.8) is 0 Å². The molecule has 8 heteroatoms. The van der Waals surface area contributed by atoms with E-state index in [9.17, 15) is 4.79 Å². The molecule has 24 heavy (non-hydrogen) atoms. The molecule has 1 aliphatic heterocycles. The number of amides is 1. The summed E-state index contributed by atoms with van der Waals surface area (Å²) in [6, 6.07) is 0. The molecule has 1 aromatic heterocycles. The lowest BCUT2D eigenvalue weighted by molar-refractivity contribution is -0.120. The van der Waals surface area contributed by atoms with Crippen LogP contribution in [0.1, 0.15) is 51.4 Å². The molecular formula is C16H27ClN4OS2. The van der Waals surface area contributed by atoms with E-state index in [1.165, 1.54) is 63.0 Å². The molecule has 2 heterocycles. The molecule has 0 atom stereocenters. The van der Waals surface area contributed by atoms with Gasteiger partial charge in [-0.15, -0.1) is 22.6 Å². The molecule has 1 aliphatic carbocycles. The van der Waals surface area contributed by atoms with Crippen molar-refractivity contribution in [2.45, 2.75) is 55.7 Å². The van der Waals surface area contributed by atoms with Crippen LogP contribution in [0.2, 0.25) is 0 Å². The van der Waals surface area contributed by atoms with Crippen LogP contribution in [0, 0.1) is 5.92 Å². The van der Waals surface area contributed by atoms with Crippen LogP contribution < -0.4 is 5.32 Å². The number of anilines is 1. The van der Waals surface area contributed by atoms with Gasteiger partial charge in [-0.25, -0.2) is 0 Å². The first kappa shape index (κ1) is 19.9. The summed E-state index contributed by atoms with van der Waals surface area (Å²) in [4.78, 5) is 14.7. The first-order valence-electron chi connectivity index (χ1n) is 8.81. The number of piperidine rings is 1. The van der Waals surface area contributed by atoms with Gasteiger partial charge in [-0.2, -0.15) is 0 Å². The molecule has 2 aliphatic rings. The lowest BCUT2D eigenvalue weighted by Crippen LogP contribution is -2.31. The average molecular weight is 391 g/mol. The van der Waals surface area contributed by atoms with E-state index in [2.05, 4.69) is 20.4 Å². The molecule has 0 spiro atoms. The van der Waals surface area contributed by atoms with Crippen molar-refractivity contribution in [3.8, 4) is 0 Å². The molecule has 0 bridgehead atoms. The van der Waals surface area contributed by atoms with Crippen molar-refractivity contribution in [3.05, 3.63) is 0 Å². The Hall–Kier alpha value is -0.370. The maximum Gasteiger partial charge on any atom is 0.229 e. The lowest BCUT2D eigenvalue weighted by Gasteiger charge is -2.25.